The lowest BCUT2D eigenvalue weighted by atomic mass is 10.1. The van der Waals surface area contributed by atoms with Crippen molar-refractivity contribution in [1.82, 2.24) is 14.5 Å². The quantitative estimate of drug-likeness (QED) is 0.329. The van der Waals surface area contributed by atoms with Gasteiger partial charge in [0.05, 0.1) is 49.9 Å². The summed E-state index contributed by atoms with van der Waals surface area (Å²) < 4.78 is 17.7. The fraction of sp³-hybridized carbons (Fsp3) is 0.464. The van der Waals surface area contributed by atoms with Crippen LogP contribution in [0.25, 0.3) is 10.9 Å². The number of hydrogen-bond donors (Lipinski definition) is 1. The van der Waals surface area contributed by atoms with Crippen LogP contribution in [0, 0.1) is 0 Å². The van der Waals surface area contributed by atoms with E-state index in [-0.39, 0.29) is 11.5 Å². The van der Waals surface area contributed by atoms with Gasteiger partial charge in [-0.1, -0.05) is 25.0 Å². The van der Waals surface area contributed by atoms with Crippen molar-refractivity contribution < 1.29 is 19.0 Å². The Hall–Kier alpha value is -3.43. The van der Waals surface area contributed by atoms with Crippen molar-refractivity contribution >= 4 is 16.8 Å². The van der Waals surface area contributed by atoms with Gasteiger partial charge in [-0.25, -0.2) is 4.98 Å². The molecule has 0 radical (unpaired) electrons. The van der Waals surface area contributed by atoms with E-state index in [9.17, 15) is 9.59 Å². The molecule has 3 aromatic rings. The lowest BCUT2D eigenvalue weighted by molar-refractivity contribution is 0.0669. The molecule has 1 amide bonds. The molecule has 200 valence electrons. The molecule has 0 aliphatic heterocycles. The minimum atomic E-state index is -0.483. The summed E-state index contributed by atoms with van der Waals surface area (Å²) in [5.41, 5.74) is 6.52. The van der Waals surface area contributed by atoms with Gasteiger partial charge in [-0.15, -0.1) is 0 Å². The number of nitrogens with two attached hydrogens (primary N) is 1. The third-order valence-corrected chi connectivity index (χ3v) is 6.50. The van der Waals surface area contributed by atoms with Crippen LogP contribution in [0.5, 0.6) is 11.5 Å². The largest absolute Gasteiger partial charge is 0.497 e. The van der Waals surface area contributed by atoms with Crippen LogP contribution in [-0.4, -0.2) is 61.4 Å². The first-order valence-corrected chi connectivity index (χ1v) is 12.7. The number of fused-ring (bicyclic) bond motifs is 1. The lowest BCUT2D eigenvalue weighted by Crippen LogP contribution is -2.39. The van der Waals surface area contributed by atoms with Crippen LogP contribution in [0.2, 0.25) is 0 Å². The van der Waals surface area contributed by atoms with Gasteiger partial charge in [-0.05, 0) is 50.6 Å². The number of rotatable bonds is 14. The van der Waals surface area contributed by atoms with Crippen LogP contribution >= 0.6 is 0 Å². The Kier molecular flexibility index (Phi) is 10.5. The summed E-state index contributed by atoms with van der Waals surface area (Å²) in [5.74, 6) is 1.34. The predicted octanol–water partition coefficient (Wildman–Crippen LogP) is 3.78. The molecule has 1 heterocycles. The normalized spacial score (nSPS) is 11.9. The molecule has 9 nitrogen and oxygen atoms in total. The molecule has 0 spiro atoms. The predicted molar refractivity (Wildman–Crippen MR) is 144 cm³/mol. The van der Waals surface area contributed by atoms with E-state index < -0.39 is 6.04 Å². The molecular formula is C28H38N4O5. The monoisotopic (exact) mass is 510 g/mol. The molecule has 37 heavy (non-hydrogen) atoms. The number of para-hydroxylation sites is 1. The van der Waals surface area contributed by atoms with E-state index in [1.807, 2.05) is 25.1 Å². The van der Waals surface area contributed by atoms with Crippen LogP contribution in [0.1, 0.15) is 54.8 Å². The van der Waals surface area contributed by atoms with E-state index in [0.717, 1.165) is 25.7 Å². The summed E-state index contributed by atoms with van der Waals surface area (Å²) in [6, 6.07) is 11.9. The average molecular weight is 511 g/mol. The summed E-state index contributed by atoms with van der Waals surface area (Å²) in [6.45, 7) is 3.73. The standard InChI is InChI=1S/C28H38N4O5/c1-20(26-30-24-12-8-7-11-22(24)27(33)32(26)17-18-35-2)31(16-10-6-5-9-15-29)28(34)23-14-13-21(36-3)19-25(23)37-4/h7-8,11-14,19-20H,5-6,9-10,15-18,29H2,1-4H3. The highest BCUT2D eigenvalue weighted by Crippen LogP contribution is 2.29. The van der Waals surface area contributed by atoms with Gasteiger partial charge in [0.2, 0.25) is 0 Å². The number of unbranched alkanes of at least 4 members (excludes halogenated alkanes) is 3. The van der Waals surface area contributed by atoms with Crippen molar-refractivity contribution in [1.29, 1.82) is 0 Å². The van der Waals surface area contributed by atoms with Gasteiger partial charge < -0.3 is 24.8 Å². The number of methoxy groups -OCH3 is 3. The summed E-state index contributed by atoms with van der Waals surface area (Å²) in [4.78, 5) is 34.1. The minimum absolute atomic E-state index is 0.151. The average Bonchev–Trinajstić information content (AvgIpc) is 2.93. The zero-order valence-electron chi connectivity index (χ0n) is 22.2. The number of hydrogen-bond acceptors (Lipinski definition) is 7. The molecule has 9 heteroatoms. The number of ether oxygens (including phenoxy) is 3. The minimum Gasteiger partial charge on any atom is -0.497 e. The Morgan fingerprint density at radius 3 is 2.51 bits per heavy atom. The first-order chi connectivity index (χ1) is 18.0. The van der Waals surface area contributed by atoms with Gasteiger partial charge in [0, 0.05) is 19.7 Å². The molecule has 2 N–H and O–H groups in total. The third kappa shape index (κ3) is 6.67. The molecule has 0 saturated heterocycles. The highest BCUT2D eigenvalue weighted by atomic mass is 16.5. The van der Waals surface area contributed by atoms with Gasteiger partial charge in [0.25, 0.3) is 11.5 Å². The zero-order valence-corrected chi connectivity index (χ0v) is 22.2. The molecule has 0 aliphatic carbocycles. The van der Waals surface area contributed by atoms with E-state index in [2.05, 4.69) is 0 Å². The number of carbonyl (C=O) groups is 1. The summed E-state index contributed by atoms with van der Waals surface area (Å²) >= 11 is 0. The van der Waals surface area contributed by atoms with E-state index in [1.54, 1.807) is 48.0 Å². The summed E-state index contributed by atoms with van der Waals surface area (Å²) in [7, 11) is 4.69. The maximum absolute atomic E-state index is 14.0. The molecule has 1 unspecified atom stereocenters. The third-order valence-electron chi connectivity index (χ3n) is 6.50. The van der Waals surface area contributed by atoms with Gasteiger partial charge in [0.15, 0.2) is 0 Å². The Balaban J connectivity index is 2.07. The SMILES string of the molecule is COCCn1c(C(C)N(CCCCCCN)C(=O)c2ccc(OC)cc2OC)nc2ccccc2c1=O. The van der Waals surface area contributed by atoms with Crippen LogP contribution in [0.15, 0.2) is 47.3 Å². The van der Waals surface area contributed by atoms with E-state index in [0.29, 0.717) is 60.0 Å². The molecule has 1 aromatic heterocycles. The first kappa shape index (κ1) is 28.1. The molecule has 0 bridgehead atoms. The van der Waals surface area contributed by atoms with Crippen LogP contribution in [0.3, 0.4) is 0 Å². The topological polar surface area (TPSA) is 109 Å². The number of amides is 1. The van der Waals surface area contributed by atoms with Crippen LogP contribution in [-0.2, 0) is 11.3 Å². The van der Waals surface area contributed by atoms with Gasteiger partial charge in [0.1, 0.15) is 17.3 Å². The summed E-state index contributed by atoms with van der Waals surface area (Å²) in [5, 5.41) is 0.533. The van der Waals surface area contributed by atoms with E-state index in [4.69, 9.17) is 24.9 Å². The second-order valence-electron chi connectivity index (χ2n) is 8.88. The smallest absolute Gasteiger partial charge is 0.261 e. The van der Waals surface area contributed by atoms with Crippen molar-refractivity contribution in [2.45, 2.75) is 45.2 Å². The molecule has 3 rings (SSSR count). The van der Waals surface area contributed by atoms with Crippen molar-refractivity contribution in [2.75, 3.05) is 41.0 Å². The maximum atomic E-state index is 14.0. The first-order valence-electron chi connectivity index (χ1n) is 12.7. The second kappa shape index (κ2) is 13.8. The van der Waals surface area contributed by atoms with Crippen LogP contribution in [0.4, 0.5) is 0 Å². The van der Waals surface area contributed by atoms with Gasteiger partial charge in [-0.3, -0.25) is 14.2 Å². The lowest BCUT2D eigenvalue weighted by Gasteiger charge is -2.31. The Morgan fingerprint density at radius 2 is 1.81 bits per heavy atom. The van der Waals surface area contributed by atoms with Crippen molar-refractivity contribution in [3.05, 3.63) is 64.2 Å². The van der Waals surface area contributed by atoms with Crippen molar-refractivity contribution in [3.63, 3.8) is 0 Å². The molecular weight excluding hydrogens is 472 g/mol. The molecule has 0 fully saturated rings. The highest BCUT2D eigenvalue weighted by molar-refractivity contribution is 5.97. The molecule has 0 aliphatic rings. The fourth-order valence-corrected chi connectivity index (χ4v) is 4.42. The Bertz CT molecular complexity index is 1240. The zero-order chi connectivity index (χ0) is 26.8. The number of nitrogens with zero attached hydrogens (tertiary/aromatic N) is 3. The molecule has 0 saturated carbocycles. The van der Waals surface area contributed by atoms with E-state index >= 15 is 0 Å². The number of benzene rings is 2. The van der Waals surface area contributed by atoms with Gasteiger partial charge >= 0.3 is 0 Å². The van der Waals surface area contributed by atoms with Gasteiger partial charge in [-0.2, -0.15) is 0 Å². The highest BCUT2D eigenvalue weighted by Gasteiger charge is 2.28. The van der Waals surface area contributed by atoms with Crippen molar-refractivity contribution in [3.8, 4) is 11.5 Å². The Labute approximate surface area is 218 Å². The maximum Gasteiger partial charge on any atom is 0.261 e. The van der Waals surface area contributed by atoms with E-state index in [1.165, 1.54) is 7.11 Å². The van der Waals surface area contributed by atoms with Crippen molar-refractivity contribution in [2.24, 2.45) is 5.73 Å². The van der Waals surface area contributed by atoms with Crippen LogP contribution < -0.4 is 20.8 Å². The second-order valence-corrected chi connectivity index (χ2v) is 8.88. The number of aromatic nitrogens is 2. The summed E-state index contributed by atoms with van der Waals surface area (Å²) in [6.07, 6.45) is 3.67. The molecule has 1 atom stereocenters. The molecule has 2 aromatic carbocycles. The fourth-order valence-electron chi connectivity index (χ4n) is 4.42. The Morgan fingerprint density at radius 1 is 1.05 bits per heavy atom. The number of carbonyl (C=O) groups excluding carboxylic acids is 1.